The average molecular weight is 353 g/mol. The zero-order valence-corrected chi connectivity index (χ0v) is 13.7. The molecule has 0 heterocycles. The normalized spacial score (nSPS) is 12.0. The molecule has 2 rings (SSSR count). The van der Waals surface area contributed by atoms with Crippen LogP contribution in [0.1, 0.15) is 22.4 Å². The summed E-state index contributed by atoms with van der Waals surface area (Å²) < 4.78 is 23.8. The first-order chi connectivity index (χ1) is 10.1. The fraction of sp³-hybridized carbons (Fsp3) is 0.294. The minimum absolute atomic E-state index is 0.111. The Bertz CT molecular complexity index is 584. The molecule has 0 aliphatic rings. The van der Waals surface area contributed by atoms with E-state index in [1.54, 1.807) is 13.2 Å². The molecule has 0 bridgehead atoms. The minimum atomic E-state index is -0.330. The summed E-state index contributed by atoms with van der Waals surface area (Å²) in [5.41, 5.74) is 2.15. The molecule has 21 heavy (non-hydrogen) atoms. The van der Waals surface area contributed by atoms with Crippen LogP contribution in [0.25, 0.3) is 0 Å². The van der Waals surface area contributed by atoms with Crippen molar-refractivity contribution >= 4 is 15.9 Å². The van der Waals surface area contributed by atoms with E-state index in [9.17, 15) is 4.39 Å². The van der Waals surface area contributed by atoms with Gasteiger partial charge in [-0.3, -0.25) is 0 Å². The molecule has 1 atom stereocenters. The predicted molar refractivity (Wildman–Crippen MR) is 85.9 cm³/mol. The second kappa shape index (κ2) is 7.46. The molecule has 0 N–H and O–H groups in total. The number of benzene rings is 2. The van der Waals surface area contributed by atoms with Crippen LogP contribution < -0.4 is 9.47 Å². The van der Waals surface area contributed by atoms with Crippen LogP contribution in [0.5, 0.6) is 11.5 Å². The van der Waals surface area contributed by atoms with Gasteiger partial charge in [0.15, 0.2) is 11.6 Å². The summed E-state index contributed by atoms with van der Waals surface area (Å²) >= 11 is 3.62. The maximum Gasteiger partial charge on any atom is 0.165 e. The van der Waals surface area contributed by atoms with E-state index >= 15 is 0 Å². The van der Waals surface area contributed by atoms with Crippen LogP contribution in [-0.2, 0) is 6.42 Å². The molecule has 2 aromatic rings. The highest BCUT2D eigenvalue weighted by molar-refractivity contribution is 9.09. The molecule has 0 aliphatic heterocycles. The summed E-state index contributed by atoms with van der Waals surface area (Å²) in [6.07, 6.45) is 1.80. The smallest absolute Gasteiger partial charge is 0.165 e. The van der Waals surface area contributed by atoms with E-state index in [4.69, 9.17) is 9.47 Å². The van der Waals surface area contributed by atoms with Gasteiger partial charge in [0.25, 0.3) is 0 Å². The van der Waals surface area contributed by atoms with Crippen LogP contribution in [0.15, 0.2) is 42.5 Å². The molecular weight excluding hydrogens is 335 g/mol. The van der Waals surface area contributed by atoms with Gasteiger partial charge in [-0.15, -0.1) is 0 Å². The third-order valence-corrected chi connectivity index (χ3v) is 4.37. The Morgan fingerprint density at radius 3 is 2.33 bits per heavy atom. The number of hydrogen-bond donors (Lipinski definition) is 0. The molecule has 0 saturated heterocycles. The standard InChI is InChI=1S/C17H18BrFO2/c1-20-14-7-3-12(4-8-14)5-9-15(18)13-6-10-17(21-2)16(19)11-13/h3-4,6-8,10-11,15H,5,9H2,1-2H3. The highest BCUT2D eigenvalue weighted by atomic mass is 79.9. The molecule has 112 valence electrons. The van der Waals surface area contributed by atoms with Crippen LogP contribution in [0.4, 0.5) is 4.39 Å². The van der Waals surface area contributed by atoms with Crippen LogP contribution >= 0.6 is 15.9 Å². The molecule has 1 unspecified atom stereocenters. The number of hydrogen-bond acceptors (Lipinski definition) is 2. The van der Waals surface area contributed by atoms with Crippen molar-refractivity contribution in [3.8, 4) is 11.5 Å². The van der Waals surface area contributed by atoms with E-state index in [0.717, 1.165) is 24.2 Å². The number of ether oxygens (including phenoxy) is 2. The second-order valence-electron chi connectivity index (χ2n) is 4.75. The first-order valence-corrected chi connectivity index (χ1v) is 7.66. The summed E-state index contributed by atoms with van der Waals surface area (Å²) in [5, 5.41) is 0. The minimum Gasteiger partial charge on any atom is -0.497 e. The van der Waals surface area contributed by atoms with E-state index in [1.165, 1.54) is 18.7 Å². The largest absolute Gasteiger partial charge is 0.497 e. The molecule has 0 aliphatic carbocycles. The molecule has 0 fully saturated rings. The Labute approximate surface area is 133 Å². The maximum atomic E-state index is 13.7. The molecule has 2 aromatic carbocycles. The molecule has 0 aromatic heterocycles. The summed E-state index contributed by atoms with van der Waals surface area (Å²) in [6, 6.07) is 13.1. The topological polar surface area (TPSA) is 18.5 Å². The van der Waals surface area contributed by atoms with Gasteiger partial charge in [0.05, 0.1) is 14.2 Å². The Kier molecular flexibility index (Phi) is 5.62. The van der Waals surface area contributed by atoms with Crippen LogP contribution in [0, 0.1) is 5.82 Å². The van der Waals surface area contributed by atoms with Crippen molar-refractivity contribution in [2.45, 2.75) is 17.7 Å². The zero-order chi connectivity index (χ0) is 15.2. The van der Waals surface area contributed by atoms with Crippen LogP contribution in [-0.4, -0.2) is 14.2 Å². The molecule has 0 spiro atoms. The second-order valence-corrected chi connectivity index (χ2v) is 5.85. The predicted octanol–water partition coefficient (Wildman–Crippen LogP) is 4.91. The lowest BCUT2D eigenvalue weighted by Crippen LogP contribution is -1.96. The summed E-state index contributed by atoms with van der Waals surface area (Å²) in [4.78, 5) is 0.111. The molecule has 0 saturated carbocycles. The van der Waals surface area contributed by atoms with E-state index in [2.05, 4.69) is 15.9 Å². The lowest BCUT2D eigenvalue weighted by Gasteiger charge is -2.12. The van der Waals surface area contributed by atoms with Crippen LogP contribution in [0.2, 0.25) is 0 Å². The third kappa shape index (κ3) is 4.21. The van der Waals surface area contributed by atoms with E-state index < -0.39 is 0 Å². The van der Waals surface area contributed by atoms with Crippen molar-refractivity contribution in [2.75, 3.05) is 14.2 Å². The van der Waals surface area contributed by atoms with Gasteiger partial charge in [-0.2, -0.15) is 0 Å². The molecule has 2 nitrogen and oxygen atoms in total. The Morgan fingerprint density at radius 1 is 1.05 bits per heavy atom. The summed E-state index contributed by atoms with van der Waals surface area (Å²) in [7, 11) is 3.12. The fourth-order valence-electron chi connectivity index (χ4n) is 2.13. The lowest BCUT2D eigenvalue weighted by atomic mass is 10.0. The number of methoxy groups -OCH3 is 2. The van der Waals surface area contributed by atoms with Gasteiger partial charge < -0.3 is 9.47 Å². The highest BCUT2D eigenvalue weighted by Gasteiger charge is 2.11. The van der Waals surface area contributed by atoms with Crippen LogP contribution in [0.3, 0.4) is 0 Å². The number of halogens is 2. The maximum absolute atomic E-state index is 13.7. The first kappa shape index (κ1) is 15.8. The van der Waals surface area contributed by atoms with Gasteiger partial charge in [0.2, 0.25) is 0 Å². The molecule has 0 radical (unpaired) electrons. The Hall–Kier alpha value is -1.55. The Balaban J connectivity index is 1.97. The monoisotopic (exact) mass is 352 g/mol. The van der Waals surface area contributed by atoms with Crippen molar-refractivity contribution < 1.29 is 13.9 Å². The highest BCUT2D eigenvalue weighted by Crippen LogP contribution is 2.31. The van der Waals surface area contributed by atoms with Crippen molar-refractivity contribution in [3.05, 3.63) is 59.4 Å². The van der Waals surface area contributed by atoms with Crippen molar-refractivity contribution in [3.63, 3.8) is 0 Å². The fourth-order valence-corrected chi connectivity index (χ4v) is 2.64. The summed E-state index contributed by atoms with van der Waals surface area (Å²) in [5.74, 6) is 0.795. The van der Waals surface area contributed by atoms with E-state index in [-0.39, 0.29) is 16.4 Å². The quantitative estimate of drug-likeness (QED) is 0.687. The average Bonchev–Trinajstić information content (AvgIpc) is 2.53. The van der Waals surface area contributed by atoms with Gasteiger partial charge in [-0.1, -0.05) is 34.1 Å². The SMILES string of the molecule is COc1ccc(CCC(Br)c2ccc(OC)c(F)c2)cc1. The lowest BCUT2D eigenvalue weighted by molar-refractivity contribution is 0.386. The summed E-state index contributed by atoms with van der Waals surface area (Å²) in [6.45, 7) is 0. The molecular formula is C17H18BrFO2. The zero-order valence-electron chi connectivity index (χ0n) is 12.1. The number of rotatable bonds is 6. The van der Waals surface area contributed by atoms with E-state index in [1.807, 2.05) is 30.3 Å². The van der Waals surface area contributed by atoms with Crippen molar-refractivity contribution in [2.24, 2.45) is 0 Å². The van der Waals surface area contributed by atoms with Gasteiger partial charge in [0, 0.05) is 4.83 Å². The number of alkyl halides is 1. The molecule has 0 amide bonds. The van der Waals surface area contributed by atoms with Crippen molar-refractivity contribution in [1.29, 1.82) is 0 Å². The number of aryl methyl sites for hydroxylation is 1. The first-order valence-electron chi connectivity index (χ1n) is 6.74. The molecule has 4 heteroatoms. The van der Waals surface area contributed by atoms with Crippen molar-refractivity contribution in [1.82, 2.24) is 0 Å². The third-order valence-electron chi connectivity index (χ3n) is 3.38. The van der Waals surface area contributed by atoms with Gasteiger partial charge in [0.1, 0.15) is 5.75 Å². The van der Waals surface area contributed by atoms with Gasteiger partial charge >= 0.3 is 0 Å². The Morgan fingerprint density at radius 2 is 1.76 bits per heavy atom. The van der Waals surface area contributed by atoms with Gasteiger partial charge in [-0.05, 0) is 48.2 Å². The van der Waals surface area contributed by atoms with Gasteiger partial charge in [-0.25, -0.2) is 4.39 Å². The van der Waals surface area contributed by atoms with E-state index in [0.29, 0.717) is 0 Å².